The molecule has 0 saturated carbocycles. The number of hydrogen-bond donors (Lipinski definition) is 3. The molecule has 1 aliphatic heterocycles. The fourth-order valence-electron chi connectivity index (χ4n) is 3.13. The van der Waals surface area contributed by atoms with Crippen molar-refractivity contribution in [2.24, 2.45) is 0 Å². The minimum absolute atomic E-state index is 0.0667. The van der Waals surface area contributed by atoms with Crippen LogP contribution in [0, 0.1) is 6.92 Å². The lowest BCUT2D eigenvalue weighted by molar-refractivity contribution is -1.01. The van der Waals surface area contributed by atoms with Crippen LogP contribution in [0.4, 0.5) is 5.69 Å². The molecule has 0 atom stereocenters. The number of rotatable bonds is 5. The number of quaternary nitrogens is 2. The summed E-state index contributed by atoms with van der Waals surface area (Å²) in [6.07, 6.45) is 0. The second-order valence-corrected chi connectivity index (χ2v) is 7.83. The van der Waals surface area contributed by atoms with Crippen LogP contribution in [0.5, 0.6) is 0 Å². The molecule has 1 amide bonds. The Morgan fingerprint density at radius 3 is 2.62 bits per heavy atom. The third kappa shape index (κ3) is 4.57. The van der Waals surface area contributed by atoms with Gasteiger partial charge in [0.25, 0.3) is 5.91 Å². The minimum Gasteiger partial charge on any atom is -0.321 e. The summed E-state index contributed by atoms with van der Waals surface area (Å²) in [6.45, 7) is 7.90. The number of amides is 1. The molecule has 0 bridgehead atoms. The minimum atomic E-state index is 0.0667. The van der Waals surface area contributed by atoms with Crippen molar-refractivity contribution in [3.8, 4) is 0 Å². The molecule has 24 heavy (non-hydrogen) atoms. The summed E-state index contributed by atoms with van der Waals surface area (Å²) in [5.74, 6) is 0.0667. The number of piperazine rings is 1. The van der Waals surface area contributed by atoms with Gasteiger partial charge in [-0.25, -0.2) is 0 Å². The van der Waals surface area contributed by atoms with Gasteiger partial charge in [-0.2, -0.15) is 0 Å². The molecule has 1 aromatic heterocycles. The van der Waals surface area contributed by atoms with E-state index in [0.29, 0.717) is 11.6 Å². The third-order valence-electron chi connectivity index (χ3n) is 4.62. The van der Waals surface area contributed by atoms with Gasteiger partial charge in [0.2, 0.25) is 0 Å². The molecule has 1 aliphatic rings. The van der Waals surface area contributed by atoms with Crippen LogP contribution in [0.25, 0.3) is 0 Å². The molecular formula is C18H24ClN3OS+2. The molecule has 0 aliphatic carbocycles. The number of nitrogens with one attached hydrogen (secondary N) is 3. The maximum absolute atomic E-state index is 12.3. The first-order valence-corrected chi connectivity index (χ1v) is 9.62. The highest BCUT2D eigenvalue weighted by Gasteiger charge is 2.25. The van der Waals surface area contributed by atoms with Gasteiger partial charge in [0.15, 0.2) is 6.54 Å². The normalized spacial score (nSPS) is 20.8. The summed E-state index contributed by atoms with van der Waals surface area (Å²) in [5.41, 5.74) is 1.74. The topological polar surface area (TPSA) is 38.0 Å². The van der Waals surface area contributed by atoms with Crippen LogP contribution in [-0.2, 0) is 11.3 Å². The molecule has 0 spiro atoms. The molecule has 1 fully saturated rings. The summed E-state index contributed by atoms with van der Waals surface area (Å²) in [4.78, 5) is 16.7. The first-order chi connectivity index (χ1) is 11.6. The molecule has 128 valence electrons. The van der Waals surface area contributed by atoms with Crippen molar-refractivity contribution >= 4 is 34.5 Å². The molecule has 2 heterocycles. The lowest BCUT2D eigenvalue weighted by atomic mass is 10.2. The Labute approximate surface area is 152 Å². The van der Waals surface area contributed by atoms with Gasteiger partial charge in [-0.05, 0) is 36.1 Å². The Balaban J connectivity index is 1.45. The fourth-order valence-corrected chi connectivity index (χ4v) is 4.09. The molecule has 0 radical (unpaired) electrons. The maximum atomic E-state index is 12.3. The van der Waals surface area contributed by atoms with Crippen LogP contribution in [0.2, 0.25) is 5.02 Å². The number of carbonyl (C=O) groups excluding carboxylic acids is 1. The van der Waals surface area contributed by atoms with E-state index in [0.717, 1.165) is 44.0 Å². The monoisotopic (exact) mass is 365 g/mol. The number of thiophene rings is 1. The van der Waals surface area contributed by atoms with Crippen LogP contribution < -0.4 is 15.1 Å². The van der Waals surface area contributed by atoms with Crippen molar-refractivity contribution in [3.63, 3.8) is 0 Å². The van der Waals surface area contributed by atoms with E-state index >= 15 is 0 Å². The zero-order valence-corrected chi connectivity index (χ0v) is 15.5. The van der Waals surface area contributed by atoms with Crippen molar-refractivity contribution < 1.29 is 14.6 Å². The van der Waals surface area contributed by atoms with Crippen molar-refractivity contribution in [3.05, 3.63) is 51.2 Å². The van der Waals surface area contributed by atoms with Gasteiger partial charge in [0.1, 0.15) is 32.7 Å². The summed E-state index contributed by atoms with van der Waals surface area (Å²) in [6, 6.07) is 9.93. The van der Waals surface area contributed by atoms with Crippen LogP contribution >= 0.6 is 22.9 Å². The van der Waals surface area contributed by atoms with Gasteiger partial charge in [0, 0.05) is 10.7 Å². The molecule has 1 saturated heterocycles. The second kappa shape index (κ2) is 8.12. The third-order valence-corrected chi connectivity index (χ3v) is 5.91. The second-order valence-electron chi connectivity index (χ2n) is 6.39. The van der Waals surface area contributed by atoms with Crippen molar-refractivity contribution in [2.75, 3.05) is 38.0 Å². The van der Waals surface area contributed by atoms with Crippen LogP contribution in [0.1, 0.15) is 10.4 Å². The first kappa shape index (κ1) is 17.4. The van der Waals surface area contributed by atoms with Gasteiger partial charge in [-0.1, -0.05) is 23.7 Å². The summed E-state index contributed by atoms with van der Waals surface area (Å²) in [5, 5.41) is 5.82. The molecule has 0 unspecified atom stereocenters. The average Bonchev–Trinajstić information content (AvgIpc) is 3.07. The SMILES string of the molecule is Cc1c(Cl)cccc1NC(=O)C[NH+]1CC[NH+](Cc2cccs2)CC1. The zero-order valence-electron chi connectivity index (χ0n) is 13.9. The van der Waals surface area contributed by atoms with E-state index in [4.69, 9.17) is 11.6 Å². The van der Waals surface area contributed by atoms with Gasteiger partial charge >= 0.3 is 0 Å². The van der Waals surface area contributed by atoms with Gasteiger partial charge in [-0.15, -0.1) is 11.3 Å². The van der Waals surface area contributed by atoms with E-state index in [1.54, 1.807) is 4.90 Å². The quantitative estimate of drug-likeness (QED) is 0.714. The number of benzene rings is 1. The summed E-state index contributed by atoms with van der Waals surface area (Å²) < 4.78 is 0. The molecule has 2 aromatic rings. The fraction of sp³-hybridized carbons (Fsp3) is 0.389. The lowest BCUT2D eigenvalue weighted by Gasteiger charge is -2.29. The van der Waals surface area contributed by atoms with Gasteiger partial charge in [-0.3, -0.25) is 4.79 Å². The summed E-state index contributed by atoms with van der Waals surface area (Å²) >= 11 is 7.93. The van der Waals surface area contributed by atoms with E-state index < -0.39 is 0 Å². The average molecular weight is 366 g/mol. The molecule has 3 rings (SSSR count). The highest BCUT2D eigenvalue weighted by Crippen LogP contribution is 2.22. The van der Waals surface area contributed by atoms with E-state index in [-0.39, 0.29) is 5.91 Å². The standard InChI is InChI=1S/C18H22ClN3OS/c1-14-16(19)5-2-6-17(14)20-18(23)13-22-9-7-21(8-10-22)12-15-4-3-11-24-15/h2-6,11H,7-10,12-13H2,1H3,(H,20,23)/p+2. The van der Waals surface area contributed by atoms with Crippen molar-refractivity contribution in [1.82, 2.24) is 0 Å². The van der Waals surface area contributed by atoms with Crippen LogP contribution in [0.15, 0.2) is 35.7 Å². The van der Waals surface area contributed by atoms with Crippen molar-refractivity contribution in [2.45, 2.75) is 13.5 Å². The Hall–Kier alpha value is -1.40. The van der Waals surface area contributed by atoms with E-state index in [9.17, 15) is 4.79 Å². The molecule has 4 nitrogen and oxygen atoms in total. The lowest BCUT2D eigenvalue weighted by Crippen LogP contribution is -3.28. The Bertz CT molecular complexity index is 682. The number of halogens is 1. The number of carbonyl (C=O) groups is 1. The zero-order chi connectivity index (χ0) is 16.9. The number of hydrogen-bond acceptors (Lipinski definition) is 2. The Morgan fingerprint density at radius 2 is 1.92 bits per heavy atom. The van der Waals surface area contributed by atoms with E-state index in [1.807, 2.05) is 36.5 Å². The van der Waals surface area contributed by atoms with Gasteiger partial charge in [0.05, 0.1) is 4.88 Å². The Kier molecular flexibility index (Phi) is 5.89. The molecular weight excluding hydrogens is 342 g/mol. The van der Waals surface area contributed by atoms with Crippen LogP contribution in [-0.4, -0.2) is 38.6 Å². The van der Waals surface area contributed by atoms with E-state index in [1.165, 1.54) is 9.78 Å². The number of anilines is 1. The smallest absolute Gasteiger partial charge is 0.279 e. The molecule has 6 heteroatoms. The highest BCUT2D eigenvalue weighted by atomic mass is 35.5. The highest BCUT2D eigenvalue weighted by molar-refractivity contribution is 7.09. The maximum Gasteiger partial charge on any atom is 0.279 e. The predicted octanol–water partition coefficient (Wildman–Crippen LogP) is 0.632. The largest absolute Gasteiger partial charge is 0.321 e. The predicted molar refractivity (Wildman–Crippen MR) is 99.1 cm³/mol. The van der Waals surface area contributed by atoms with Crippen molar-refractivity contribution in [1.29, 1.82) is 0 Å². The first-order valence-electron chi connectivity index (χ1n) is 8.36. The Morgan fingerprint density at radius 1 is 1.17 bits per heavy atom. The van der Waals surface area contributed by atoms with Gasteiger partial charge < -0.3 is 15.1 Å². The molecule has 3 N–H and O–H groups in total. The van der Waals surface area contributed by atoms with E-state index in [2.05, 4.69) is 22.8 Å². The summed E-state index contributed by atoms with van der Waals surface area (Å²) in [7, 11) is 0. The molecule has 1 aromatic carbocycles. The van der Waals surface area contributed by atoms with Crippen LogP contribution in [0.3, 0.4) is 0 Å².